The molecule has 1 aliphatic carbocycles. The lowest BCUT2D eigenvalue weighted by Crippen LogP contribution is -2.49. The summed E-state index contributed by atoms with van der Waals surface area (Å²) in [6, 6.07) is 0. The first-order valence-electron chi connectivity index (χ1n) is 5.73. The molecule has 0 aromatic carbocycles. The highest BCUT2D eigenvalue weighted by Crippen LogP contribution is 2.41. The van der Waals surface area contributed by atoms with Crippen LogP contribution >= 0.6 is 23.2 Å². The van der Waals surface area contributed by atoms with Crippen LogP contribution in [-0.2, 0) is 4.79 Å². The van der Waals surface area contributed by atoms with Gasteiger partial charge >= 0.3 is 0 Å². The van der Waals surface area contributed by atoms with Gasteiger partial charge in [0.25, 0.3) is 0 Å². The molecule has 15 heavy (non-hydrogen) atoms. The first-order chi connectivity index (χ1) is 7.16. The zero-order valence-corrected chi connectivity index (χ0v) is 10.3. The van der Waals surface area contributed by atoms with Crippen LogP contribution in [0.15, 0.2) is 0 Å². The number of carbonyl (C=O) groups excluding carboxylic acids is 1. The minimum atomic E-state index is -0.853. The molecule has 1 atom stereocenters. The molecule has 1 spiro atoms. The quantitative estimate of drug-likeness (QED) is 0.763. The summed E-state index contributed by atoms with van der Waals surface area (Å²) in [5.74, 6) is 0.0584. The molecule has 1 saturated heterocycles. The second kappa shape index (κ2) is 4.60. The highest BCUT2D eigenvalue weighted by atomic mass is 35.5. The van der Waals surface area contributed by atoms with Gasteiger partial charge in [0.15, 0.2) is 10.6 Å². The molecule has 1 unspecified atom stereocenters. The van der Waals surface area contributed by atoms with Crippen LogP contribution in [0.5, 0.6) is 0 Å². The highest BCUT2D eigenvalue weighted by Gasteiger charge is 2.47. The van der Waals surface area contributed by atoms with E-state index in [-0.39, 0.29) is 17.2 Å². The Morgan fingerprint density at radius 1 is 1.27 bits per heavy atom. The van der Waals surface area contributed by atoms with E-state index in [2.05, 4.69) is 5.32 Å². The van der Waals surface area contributed by atoms with Gasteiger partial charge in [0.2, 0.25) is 0 Å². The van der Waals surface area contributed by atoms with Gasteiger partial charge in [-0.1, -0.05) is 42.5 Å². The predicted octanol–water partition coefficient (Wildman–Crippen LogP) is 2.67. The van der Waals surface area contributed by atoms with Gasteiger partial charge in [-0.25, -0.2) is 0 Å². The van der Waals surface area contributed by atoms with Crippen molar-refractivity contribution in [3.63, 3.8) is 0 Å². The van der Waals surface area contributed by atoms with E-state index in [4.69, 9.17) is 23.2 Å². The molecule has 0 radical (unpaired) electrons. The first-order valence-corrected chi connectivity index (χ1v) is 6.60. The average Bonchev–Trinajstić information content (AvgIpc) is 2.61. The number of rotatable bonds is 2. The van der Waals surface area contributed by atoms with Gasteiger partial charge in [0, 0.05) is 11.5 Å². The van der Waals surface area contributed by atoms with Crippen LogP contribution in [0.25, 0.3) is 0 Å². The third kappa shape index (κ3) is 2.17. The van der Waals surface area contributed by atoms with Crippen molar-refractivity contribution >= 4 is 29.0 Å². The Kier molecular flexibility index (Phi) is 3.59. The highest BCUT2D eigenvalue weighted by molar-refractivity contribution is 6.54. The maximum Gasteiger partial charge on any atom is 0.170 e. The van der Waals surface area contributed by atoms with Gasteiger partial charge in [-0.3, -0.25) is 4.79 Å². The third-order valence-corrected chi connectivity index (χ3v) is 4.31. The van der Waals surface area contributed by atoms with Crippen molar-refractivity contribution in [1.29, 1.82) is 0 Å². The van der Waals surface area contributed by atoms with Crippen molar-refractivity contribution in [2.24, 2.45) is 5.92 Å². The fourth-order valence-electron chi connectivity index (χ4n) is 3.14. The summed E-state index contributed by atoms with van der Waals surface area (Å²) in [5, 5.41) is 3.52. The Bertz CT molecular complexity index is 249. The molecule has 1 saturated carbocycles. The van der Waals surface area contributed by atoms with Crippen LogP contribution in [0.4, 0.5) is 0 Å². The van der Waals surface area contributed by atoms with E-state index in [0.29, 0.717) is 0 Å². The number of alkyl halides is 2. The second-order valence-electron chi connectivity index (χ2n) is 4.69. The van der Waals surface area contributed by atoms with Crippen molar-refractivity contribution in [1.82, 2.24) is 5.32 Å². The van der Waals surface area contributed by atoms with Crippen molar-refractivity contribution in [2.45, 2.75) is 48.9 Å². The Labute approximate surface area is 101 Å². The first kappa shape index (κ1) is 11.7. The standard InChI is InChI=1S/C11H17Cl2NO/c12-10(13)9(15)8-4-7-14-11(8)5-2-1-3-6-11/h8,10,14H,1-7H2. The topological polar surface area (TPSA) is 29.1 Å². The molecule has 1 aliphatic heterocycles. The summed E-state index contributed by atoms with van der Waals surface area (Å²) in [6.07, 6.45) is 6.82. The van der Waals surface area contributed by atoms with Gasteiger partial charge in [0.05, 0.1) is 0 Å². The fraction of sp³-hybridized carbons (Fsp3) is 0.909. The van der Waals surface area contributed by atoms with E-state index in [9.17, 15) is 4.79 Å². The summed E-state index contributed by atoms with van der Waals surface area (Å²) in [4.78, 5) is 11.1. The maximum absolute atomic E-state index is 11.9. The lowest BCUT2D eigenvalue weighted by atomic mass is 9.72. The van der Waals surface area contributed by atoms with Gasteiger partial charge in [-0.2, -0.15) is 0 Å². The van der Waals surface area contributed by atoms with Crippen LogP contribution in [-0.4, -0.2) is 22.7 Å². The molecule has 0 bridgehead atoms. The Morgan fingerprint density at radius 3 is 2.53 bits per heavy atom. The number of ketones is 1. The maximum atomic E-state index is 11.9. The average molecular weight is 250 g/mol. The number of halogens is 2. The molecule has 4 heteroatoms. The molecule has 1 N–H and O–H groups in total. The monoisotopic (exact) mass is 249 g/mol. The lowest BCUT2D eigenvalue weighted by Gasteiger charge is -2.38. The van der Waals surface area contributed by atoms with Crippen LogP contribution in [0.1, 0.15) is 38.5 Å². The molecule has 1 heterocycles. The molecule has 2 aliphatic rings. The normalized spacial score (nSPS) is 29.9. The Morgan fingerprint density at radius 2 is 1.93 bits per heavy atom. The van der Waals surface area contributed by atoms with Gasteiger partial charge < -0.3 is 5.32 Å². The Hall–Kier alpha value is 0.210. The van der Waals surface area contributed by atoms with E-state index < -0.39 is 4.84 Å². The van der Waals surface area contributed by atoms with Crippen LogP contribution in [0.2, 0.25) is 0 Å². The summed E-state index contributed by atoms with van der Waals surface area (Å²) >= 11 is 11.4. The zero-order valence-electron chi connectivity index (χ0n) is 8.77. The van der Waals surface area contributed by atoms with Crippen molar-refractivity contribution in [3.8, 4) is 0 Å². The van der Waals surface area contributed by atoms with Crippen molar-refractivity contribution in [3.05, 3.63) is 0 Å². The second-order valence-corrected chi connectivity index (χ2v) is 5.78. The fourth-order valence-corrected chi connectivity index (χ4v) is 3.44. The molecule has 2 fully saturated rings. The minimum absolute atomic E-state index is 0.0187. The van der Waals surface area contributed by atoms with E-state index in [1.54, 1.807) is 0 Å². The van der Waals surface area contributed by atoms with Gasteiger partial charge in [-0.05, 0) is 25.8 Å². The lowest BCUT2D eigenvalue weighted by molar-refractivity contribution is -0.123. The van der Waals surface area contributed by atoms with Crippen molar-refractivity contribution in [2.75, 3.05) is 6.54 Å². The number of carbonyl (C=O) groups is 1. The molecular weight excluding hydrogens is 233 g/mol. The molecule has 2 nitrogen and oxygen atoms in total. The molecule has 86 valence electrons. The minimum Gasteiger partial charge on any atom is -0.310 e. The zero-order chi connectivity index (χ0) is 10.9. The number of nitrogens with one attached hydrogen (secondary N) is 1. The van der Waals surface area contributed by atoms with E-state index in [1.165, 1.54) is 19.3 Å². The number of hydrogen-bond acceptors (Lipinski definition) is 2. The molecular formula is C11H17Cl2NO. The van der Waals surface area contributed by atoms with E-state index in [1.807, 2.05) is 0 Å². The SMILES string of the molecule is O=C(C(Cl)Cl)C1CCNC12CCCCC2. The van der Waals surface area contributed by atoms with Gasteiger partial charge in [0.1, 0.15) is 0 Å². The summed E-state index contributed by atoms with van der Waals surface area (Å²) < 4.78 is 0. The summed E-state index contributed by atoms with van der Waals surface area (Å²) in [7, 11) is 0. The molecule has 0 aromatic heterocycles. The number of hydrogen-bond donors (Lipinski definition) is 1. The third-order valence-electron chi connectivity index (χ3n) is 3.88. The molecule has 0 aromatic rings. The van der Waals surface area contributed by atoms with Gasteiger partial charge in [-0.15, -0.1) is 0 Å². The molecule has 2 rings (SSSR count). The summed E-state index contributed by atoms with van der Waals surface area (Å²) in [6.45, 7) is 0.927. The Balaban J connectivity index is 2.13. The summed E-state index contributed by atoms with van der Waals surface area (Å²) in [5.41, 5.74) is 0.0252. The smallest absolute Gasteiger partial charge is 0.170 e. The van der Waals surface area contributed by atoms with Crippen LogP contribution < -0.4 is 5.32 Å². The largest absolute Gasteiger partial charge is 0.310 e. The molecule has 0 amide bonds. The number of Topliss-reactive ketones (excluding diaryl/α,β-unsaturated/α-hetero) is 1. The van der Waals surface area contributed by atoms with Crippen LogP contribution in [0.3, 0.4) is 0 Å². The van der Waals surface area contributed by atoms with Crippen molar-refractivity contribution < 1.29 is 4.79 Å². The van der Waals surface area contributed by atoms with Crippen LogP contribution in [0, 0.1) is 5.92 Å². The predicted molar refractivity (Wildman–Crippen MR) is 62.4 cm³/mol. The van der Waals surface area contributed by atoms with E-state index in [0.717, 1.165) is 25.8 Å². The van der Waals surface area contributed by atoms with E-state index >= 15 is 0 Å².